The second kappa shape index (κ2) is 4.88. The summed E-state index contributed by atoms with van der Waals surface area (Å²) in [4.78, 5) is 3.88. The van der Waals surface area contributed by atoms with E-state index in [-0.39, 0.29) is 18.2 Å². The Hall–Kier alpha value is -1.01. The molecule has 0 bridgehead atoms. The van der Waals surface area contributed by atoms with Gasteiger partial charge in [0, 0.05) is 30.0 Å². The van der Waals surface area contributed by atoms with Crippen molar-refractivity contribution in [3.8, 4) is 0 Å². The minimum atomic E-state index is -0.954. The number of hydrogen-bond donors (Lipinski definition) is 3. The van der Waals surface area contributed by atoms with Crippen LogP contribution >= 0.6 is 0 Å². The van der Waals surface area contributed by atoms with Crippen molar-refractivity contribution in [2.24, 2.45) is 11.5 Å². The Morgan fingerprint density at radius 1 is 1.31 bits per heavy atom. The maximum absolute atomic E-state index is 9.84. The van der Waals surface area contributed by atoms with Crippen molar-refractivity contribution in [3.05, 3.63) is 30.1 Å². The van der Waals surface area contributed by atoms with E-state index >= 15 is 0 Å². The monoisotopic (exact) mass is 223 g/mol. The molecule has 1 unspecified atom stereocenters. The van der Waals surface area contributed by atoms with Crippen LogP contribution in [0.1, 0.15) is 24.7 Å². The number of nitrogens with zero attached hydrogens (tertiary/aromatic N) is 1. The number of aliphatic hydroxyl groups is 1. The number of hydrogen-bond acceptors (Lipinski definition) is 5. The average Bonchev–Trinajstić information content (AvgIpc) is 2.59. The van der Waals surface area contributed by atoms with Gasteiger partial charge in [-0.1, -0.05) is 0 Å². The van der Waals surface area contributed by atoms with Gasteiger partial charge in [-0.2, -0.15) is 0 Å². The van der Waals surface area contributed by atoms with Crippen LogP contribution < -0.4 is 11.5 Å². The summed E-state index contributed by atoms with van der Waals surface area (Å²) in [5, 5.41) is 9.84. The minimum absolute atomic E-state index is 0.0737. The van der Waals surface area contributed by atoms with Gasteiger partial charge in [-0.15, -0.1) is 0 Å². The van der Waals surface area contributed by atoms with Crippen LogP contribution in [0.3, 0.4) is 0 Å². The normalized spacial score (nSPS) is 31.6. The molecule has 4 atom stereocenters. The summed E-state index contributed by atoms with van der Waals surface area (Å²) in [6.07, 6.45) is 3.55. The highest BCUT2D eigenvalue weighted by molar-refractivity contribution is 5.11. The standard InChI is InChI=1S/C11H17N3O2/c12-8-5-9(13)10(6-8)16-11(15)7-1-3-14-4-2-7/h1-4,8-11,15H,5-6,12-13H2/t8-,9+,10+,11?/m0/s1. The first kappa shape index (κ1) is 11.5. The van der Waals surface area contributed by atoms with Crippen LogP contribution in [-0.4, -0.2) is 28.3 Å². The number of aliphatic hydroxyl groups excluding tert-OH is 1. The Balaban J connectivity index is 1.95. The van der Waals surface area contributed by atoms with Crippen LogP contribution in [0.4, 0.5) is 0 Å². The van der Waals surface area contributed by atoms with Crippen LogP contribution in [0.25, 0.3) is 0 Å². The highest BCUT2D eigenvalue weighted by Crippen LogP contribution is 2.25. The quantitative estimate of drug-likeness (QED) is 0.622. The molecule has 88 valence electrons. The third-order valence-electron chi connectivity index (χ3n) is 2.88. The van der Waals surface area contributed by atoms with Crippen LogP contribution in [-0.2, 0) is 4.74 Å². The maximum Gasteiger partial charge on any atom is 0.181 e. The SMILES string of the molecule is N[C@H]1C[C@@H](N)[C@H](OC(O)c2ccncc2)C1. The fraction of sp³-hybridized carbons (Fsp3) is 0.545. The number of rotatable bonds is 3. The summed E-state index contributed by atoms with van der Waals surface area (Å²) < 4.78 is 5.50. The minimum Gasteiger partial charge on any atom is -0.364 e. The topological polar surface area (TPSA) is 94.4 Å². The molecule has 0 spiro atoms. The van der Waals surface area contributed by atoms with Gasteiger partial charge in [0.2, 0.25) is 0 Å². The molecule has 1 aromatic heterocycles. The highest BCUT2D eigenvalue weighted by Gasteiger charge is 2.32. The summed E-state index contributed by atoms with van der Waals surface area (Å²) >= 11 is 0. The van der Waals surface area contributed by atoms with Crippen LogP contribution in [0.5, 0.6) is 0 Å². The van der Waals surface area contributed by atoms with Gasteiger partial charge in [-0.3, -0.25) is 4.98 Å². The molecule has 5 nitrogen and oxygen atoms in total. The number of pyridine rings is 1. The van der Waals surface area contributed by atoms with Gasteiger partial charge in [0.25, 0.3) is 0 Å². The molecular formula is C11H17N3O2. The number of aromatic nitrogens is 1. The van der Waals surface area contributed by atoms with Crippen LogP contribution in [0.2, 0.25) is 0 Å². The molecule has 0 aromatic carbocycles. The zero-order valence-electron chi connectivity index (χ0n) is 8.99. The lowest BCUT2D eigenvalue weighted by molar-refractivity contribution is -0.141. The molecule has 2 rings (SSSR count). The second-order valence-electron chi connectivity index (χ2n) is 4.20. The smallest absolute Gasteiger partial charge is 0.181 e. The highest BCUT2D eigenvalue weighted by atomic mass is 16.6. The Morgan fingerprint density at radius 3 is 2.56 bits per heavy atom. The van der Waals surface area contributed by atoms with Gasteiger partial charge in [0.15, 0.2) is 6.29 Å². The molecule has 5 N–H and O–H groups in total. The van der Waals surface area contributed by atoms with E-state index in [1.54, 1.807) is 24.5 Å². The van der Waals surface area contributed by atoms with Crippen molar-refractivity contribution in [1.29, 1.82) is 0 Å². The molecule has 1 heterocycles. The summed E-state index contributed by atoms with van der Waals surface area (Å²) in [6, 6.07) is 3.41. The second-order valence-corrected chi connectivity index (χ2v) is 4.20. The van der Waals surface area contributed by atoms with Crippen molar-refractivity contribution in [1.82, 2.24) is 4.98 Å². The maximum atomic E-state index is 9.84. The molecule has 0 radical (unpaired) electrons. The van der Waals surface area contributed by atoms with E-state index in [1.807, 2.05) is 0 Å². The Kier molecular flexibility index (Phi) is 3.50. The number of nitrogens with two attached hydrogens (primary N) is 2. The van der Waals surface area contributed by atoms with Gasteiger partial charge >= 0.3 is 0 Å². The molecule has 1 aromatic rings. The van der Waals surface area contributed by atoms with Gasteiger partial charge in [-0.05, 0) is 25.0 Å². The molecule has 1 aliphatic carbocycles. The predicted octanol–water partition coefficient (Wildman–Crippen LogP) is -0.0939. The lowest BCUT2D eigenvalue weighted by Gasteiger charge is -2.20. The van der Waals surface area contributed by atoms with E-state index in [2.05, 4.69) is 4.98 Å². The van der Waals surface area contributed by atoms with Crippen molar-refractivity contribution in [3.63, 3.8) is 0 Å². The van der Waals surface area contributed by atoms with E-state index in [1.165, 1.54) is 0 Å². The molecule has 1 aliphatic rings. The molecule has 1 fully saturated rings. The molecular weight excluding hydrogens is 206 g/mol. The summed E-state index contributed by atoms with van der Waals surface area (Å²) in [7, 11) is 0. The molecule has 5 heteroatoms. The van der Waals surface area contributed by atoms with Crippen LogP contribution in [0, 0.1) is 0 Å². The van der Waals surface area contributed by atoms with Gasteiger partial charge in [-0.25, -0.2) is 0 Å². The fourth-order valence-corrected chi connectivity index (χ4v) is 2.00. The Labute approximate surface area is 94.4 Å². The molecule has 1 saturated carbocycles. The lowest BCUT2D eigenvalue weighted by atomic mass is 10.2. The summed E-state index contributed by atoms with van der Waals surface area (Å²) in [5.41, 5.74) is 12.3. The zero-order valence-corrected chi connectivity index (χ0v) is 8.99. The first-order valence-electron chi connectivity index (χ1n) is 5.41. The molecule has 0 saturated heterocycles. The third-order valence-corrected chi connectivity index (χ3v) is 2.88. The van der Waals surface area contributed by atoms with Crippen LogP contribution in [0.15, 0.2) is 24.5 Å². The first-order chi connectivity index (χ1) is 7.66. The fourth-order valence-electron chi connectivity index (χ4n) is 2.00. The summed E-state index contributed by atoms with van der Waals surface area (Å²) in [5.74, 6) is 0. The summed E-state index contributed by atoms with van der Waals surface area (Å²) in [6.45, 7) is 0. The van der Waals surface area contributed by atoms with Gasteiger partial charge in [0.05, 0.1) is 6.10 Å². The van der Waals surface area contributed by atoms with E-state index in [0.717, 1.165) is 6.42 Å². The third kappa shape index (κ3) is 2.56. The lowest BCUT2D eigenvalue weighted by Crippen LogP contribution is -2.32. The molecule has 0 aliphatic heterocycles. The Bertz CT molecular complexity index is 333. The van der Waals surface area contributed by atoms with E-state index in [4.69, 9.17) is 16.2 Å². The predicted molar refractivity (Wildman–Crippen MR) is 59.3 cm³/mol. The van der Waals surface area contributed by atoms with Crippen molar-refractivity contribution in [2.75, 3.05) is 0 Å². The van der Waals surface area contributed by atoms with E-state index < -0.39 is 6.29 Å². The molecule has 0 amide bonds. The van der Waals surface area contributed by atoms with Gasteiger partial charge < -0.3 is 21.3 Å². The zero-order chi connectivity index (χ0) is 11.5. The molecule has 16 heavy (non-hydrogen) atoms. The largest absolute Gasteiger partial charge is 0.364 e. The van der Waals surface area contributed by atoms with Gasteiger partial charge in [0.1, 0.15) is 0 Å². The number of ether oxygens (including phenoxy) is 1. The average molecular weight is 223 g/mol. The Morgan fingerprint density at radius 2 is 2.00 bits per heavy atom. The van der Waals surface area contributed by atoms with Crippen molar-refractivity contribution >= 4 is 0 Å². The van der Waals surface area contributed by atoms with E-state index in [9.17, 15) is 5.11 Å². The first-order valence-corrected chi connectivity index (χ1v) is 5.41. The van der Waals surface area contributed by atoms with Crippen molar-refractivity contribution < 1.29 is 9.84 Å². The van der Waals surface area contributed by atoms with Crippen molar-refractivity contribution in [2.45, 2.75) is 37.3 Å². The van der Waals surface area contributed by atoms with E-state index in [0.29, 0.717) is 12.0 Å².